The highest BCUT2D eigenvalue weighted by molar-refractivity contribution is 6.08. The van der Waals surface area contributed by atoms with Crippen molar-refractivity contribution in [3.8, 4) is 23.3 Å². The van der Waals surface area contributed by atoms with Crippen molar-refractivity contribution in [1.82, 2.24) is 4.57 Å². The Balaban J connectivity index is 1.68. The molecule has 4 aromatic rings. The van der Waals surface area contributed by atoms with Crippen LogP contribution in [0.1, 0.15) is 29.2 Å². The minimum Gasteiger partial charge on any atom is -0.506 e. The van der Waals surface area contributed by atoms with Crippen molar-refractivity contribution in [3.05, 3.63) is 93.8 Å². The van der Waals surface area contributed by atoms with Gasteiger partial charge in [-0.25, -0.2) is 0 Å². The fourth-order valence-corrected chi connectivity index (χ4v) is 4.49. The van der Waals surface area contributed by atoms with Gasteiger partial charge >= 0.3 is 0 Å². The molecule has 1 aliphatic heterocycles. The Bertz CT molecular complexity index is 1580. The average Bonchev–Trinajstić information content (AvgIpc) is 3.32. The van der Waals surface area contributed by atoms with Gasteiger partial charge in [-0.05, 0) is 54.1 Å². The molecule has 2 N–H and O–H groups in total. The van der Waals surface area contributed by atoms with Gasteiger partial charge in [0.1, 0.15) is 11.3 Å². The summed E-state index contributed by atoms with van der Waals surface area (Å²) < 4.78 is 6.80. The molecule has 1 aromatic heterocycles. The summed E-state index contributed by atoms with van der Waals surface area (Å²) in [5.41, 5.74) is 2.91. The van der Waals surface area contributed by atoms with Gasteiger partial charge in [0.2, 0.25) is 0 Å². The molecule has 3 aromatic carbocycles. The van der Waals surface area contributed by atoms with Crippen LogP contribution in [0.15, 0.2) is 76.6 Å². The van der Waals surface area contributed by atoms with Gasteiger partial charge in [-0.3, -0.25) is 9.80 Å². The molecule has 0 amide bonds. The Morgan fingerprint density at radius 3 is 2.54 bits per heavy atom. The van der Waals surface area contributed by atoms with Crippen molar-refractivity contribution < 1.29 is 14.9 Å². The van der Waals surface area contributed by atoms with Gasteiger partial charge < -0.3 is 19.5 Å². The number of pyridine rings is 1. The maximum absolute atomic E-state index is 13.3. The summed E-state index contributed by atoms with van der Waals surface area (Å²) in [6.07, 6.45) is 0.328. The molecule has 174 valence electrons. The lowest BCUT2D eigenvalue weighted by Crippen LogP contribution is -2.24. The van der Waals surface area contributed by atoms with Gasteiger partial charge in [0.05, 0.1) is 41.7 Å². The minimum atomic E-state index is -0.344. The van der Waals surface area contributed by atoms with E-state index in [9.17, 15) is 20.3 Å². The zero-order valence-electron chi connectivity index (χ0n) is 19.1. The van der Waals surface area contributed by atoms with Crippen LogP contribution in [-0.2, 0) is 7.05 Å². The van der Waals surface area contributed by atoms with Crippen LogP contribution >= 0.6 is 0 Å². The van der Waals surface area contributed by atoms with Crippen LogP contribution in [0, 0.1) is 11.3 Å². The topological polar surface area (TPSA) is 111 Å². The average molecular weight is 466 g/mol. The third-order valence-corrected chi connectivity index (χ3v) is 6.32. The van der Waals surface area contributed by atoms with E-state index in [0.717, 1.165) is 5.56 Å². The van der Waals surface area contributed by atoms with Gasteiger partial charge in [-0.2, -0.15) is 10.4 Å². The summed E-state index contributed by atoms with van der Waals surface area (Å²) in [6.45, 7) is 0. The number of ether oxygens (including phenoxy) is 1. The smallest absolute Gasteiger partial charge is 0.263 e. The first kappa shape index (κ1) is 22.0. The maximum Gasteiger partial charge on any atom is 0.263 e. The molecular formula is C27H22N4O4. The number of hydrogen-bond donors (Lipinski definition) is 2. The lowest BCUT2D eigenvalue weighted by Gasteiger charge is -2.24. The minimum absolute atomic E-state index is 0.0151. The quantitative estimate of drug-likeness (QED) is 0.467. The number of hydrogen-bond acceptors (Lipinski definition) is 7. The molecule has 1 atom stereocenters. The first-order chi connectivity index (χ1) is 16.9. The lowest BCUT2D eigenvalue weighted by atomic mass is 9.97. The second kappa shape index (κ2) is 8.54. The Labute approximate surface area is 201 Å². The summed E-state index contributed by atoms with van der Waals surface area (Å²) in [4.78, 5) is 13.3. The second-order valence-electron chi connectivity index (χ2n) is 8.31. The Morgan fingerprint density at radius 1 is 1.09 bits per heavy atom. The van der Waals surface area contributed by atoms with Gasteiger partial charge in [-0.1, -0.05) is 18.2 Å². The maximum atomic E-state index is 13.3. The summed E-state index contributed by atoms with van der Waals surface area (Å²) in [7, 11) is 3.15. The van der Waals surface area contributed by atoms with Crippen molar-refractivity contribution in [2.75, 3.05) is 12.1 Å². The monoisotopic (exact) mass is 466 g/mol. The van der Waals surface area contributed by atoms with Crippen molar-refractivity contribution in [1.29, 1.82) is 5.26 Å². The van der Waals surface area contributed by atoms with E-state index in [-0.39, 0.29) is 28.7 Å². The van der Waals surface area contributed by atoms with Gasteiger partial charge in [0.25, 0.3) is 5.56 Å². The van der Waals surface area contributed by atoms with Crippen LogP contribution in [0.5, 0.6) is 17.2 Å². The molecule has 5 rings (SSSR count). The first-order valence-electron chi connectivity index (χ1n) is 11.0. The van der Waals surface area contributed by atoms with E-state index in [1.165, 1.54) is 11.7 Å². The number of aryl methyl sites for hydroxylation is 1. The van der Waals surface area contributed by atoms with Crippen molar-refractivity contribution in [3.63, 3.8) is 0 Å². The van der Waals surface area contributed by atoms with Crippen molar-refractivity contribution in [2.45, 2.75) is 12.5 Å². The number of phenolic OH excluding ortho intramolecular Hbond substituents is 1. The molecule has 0 radical (unpaired) electrons. The highest BCUT2D eigenvalue weighted by Crippen LogP contribution is 2.40. The zero-order chi connectivity index (χ0) is 24.7. The van der Waals surface area contributed by atoms with Gasteiger partial charge in [0, 0.05) is 18.9 Å². The molecule has 0 spiro atoms. The number of aromatic nitrogens is 1. The third kappa shape index (κ3) is 3.63. The van der Waals surface area contributed by atoms with Crippen LogP contribution in [-0.4, -0.2) is 27.6 Å². The predicted molar refractivity (Wildman–Crippen MR) is 133 cm³/mol. The molecule has 0 bridgehead atoms. The summed E-state index contributed by atoms with van der Waals surface area (Å²) in [5, 5.41) is 37.5. The molecule has 1 unspecified atom stereocenters. The number of para-hydroxylation sites is 1. The summed E-state index contributed by atoms with van der Waals surface area (Å²) in [5.74, 6) is 0.229. The largest absolute Gasteiger partial charge is 0.506 e. The second-order valence-corrected chi connectivity index (χ2v) is 8.31. The molecule has 8 heteroatoms. The normalized spacial score (nSPS) is 15.2. The van der Waals surface area contributed by atoms with Gasteiger partial charge in [-0.15, -0.1) is 0 Å². The van der Waals surface area contributed by atoms with E-state index in [4.69, 9.17) is 9.84 Å². The number of phenols is 1. The molecule has 0 saturated heterocycles. The van der Waals surface area contributed by atoms with E-state index in [1.807, 2.05) is 6.07 Å². The number of methoxy groups -OCH3 is 1. The number of nitriles is 1. The number of rotatable bonds is 4. The van der Waals surface area contributed by atoms with E-state index in [1.54, 1.807) is 72.7 Å². The fraction of sp³-hybridized carbons (Fsp3) is 0.148. The Kier molecular flexibility index (Phi) is 5.38. The predicted octanol–water partition coefficient (Wildman–Crippen LogP) is 4.19. The van der Waals surface area contributed by atoms with Crippen LogP contribution in [0.2, 0.25) is 0 Å². The highest BCUT2D eigenvalue weighted by atomic mass is 16.5. The van der Waals surface area contributed by atoms with E-state index in [2.05, 4.69) is 6.07 Å². The molecule has 0 saturated carbocycles. The molecule has 1 aliphatic rings. The molecule has 8 nitrogen and oxygen atoms in total. The first-order valence-corrected chi connectivity index (χ1v) is 11.0. The van der Waals surface area contributed by atoms with Crippen LogP contribution in [0.25, 0.3) is 10.9 Å². The number of nitrogens with zero attached hydrogens (tertiary/aromatic N) is 4. The Hall–Kier alpha value is -4.77. The summed E-state index contributed by atoms with van der Waals surface area (Å²) >= 11 is 0. The molecule has 0 fully saturated rings. The third-order valence-electron chi connectivity index (χ3n) is 6.32. The zero-order valence-corrected chi connectivity index (χ0v) is 19.1. The van der Waals surface area contributed by atoms with E-state index in [0.29, 0.717) is 40.0 Å². The van der Waals surface area contributed by atoms with Gasteiger partial charge in [0.15, 0.2) is 11.5 Å². The molecule has 0 aliphatic carbocycles. The molecular weight excluding hydrogens is 444 g/mol. The van der Waals surface area contributed by atoms with Crippen molar-refractivity contribution in [2.24, 2.45) is 12.1 Å². The number of aromatic hydroxyl groups is 2. The standard InChI is InChI=1S/C27H22N4O4/c1-30-21-6-4-3-5-19(21)26(33)25(27(30)34)20-14-22(17-9-12-23(32)24(13-17)35-2)31(29-20)18-10-7-16(15-28)8-11-18/h3-13,22,32-33H,14H2,1-2H3. The van der Waals surface area contributed by atoms with E-state index >= 15 is 0 Å². The van der Waals surface area contributed by atoms with Crippen molar-refractivity contribution >= 4 is 22.3 Å². The van der Waals surface area contributed by atoms with Crippen LogP contribution in [0.3, 0.4) is 0 Å². The van der Waals surface area contributed by atoms with Crippen LogP contribution < -0.4 is 15.3 Å². The highest BCUT2D eigenvalue weighted by Gasteiger charge is 2.33. The Morgan fingerprint density at radius 2 is 1.83 bits per heavy atom. The SMILES string of the molecule is COc1cc(C2CC(c3c(O)c4ccccc4n(C)c3=O)=NN2c2ccc(C#N)cc2)ccc1O. The lowest BCUT2D eigenvalue weighted by molar-refractivity contribution is 0.372. The number of benzene rings is 3. The van der Waals surface area contributed by atoms with E-state index < -0.39 is 0 Å². The number of hydrazone groups is 1. The number of fused-ring (bicyclic) bond motifs is 1. The molecule has 2 heterocycles. The summed E-state index contributed by atoms with van der Waals surface area (Å²) in [6, 6.07) is 21.0. The molecule has 35 heavy (non-hydrogen) atoms. The number of anilines is 1. The fourth-order valence-electron chi connectivity index (χ4n) is 4.49. The van der Waals surface area contributed by atoms with Crippen LogP contribution in [0.4, 0.5) is 5.69 Å².